The highest BCUT2D eigenvalue weighted by Gasteiger charge is 2.23. The molecule has 172 valence electrons. The van der Waals surface area contributed by atoms with Crippen LogP contribution in [0.25, 0.3) is 0 Å². The van der Waals surface area contributed by atoms with Gasteiger partial charge in [-0.25, -0.2) is 4.98 Å². The lowest BCUT2D eigenvalue weighted by molar-refractivity contribution is 0.102. The van der Waals surface area contributed by atoms with Crippen LogP contribution in [0, 0.1) is 0 Å². The topological polar surface area (TPSA) is 84.7 Å². The molecule has 0 fully saturated rings. The first-order chi connectivity index (χ1) is 15.3. The molecule has 1 amide bonds. The molecule has 0 bridgehead atoms. The van der Waals surface area contributed by atoms with Crippen LogP contribution in [0.4, 0.5) is 10.3 Å². The summed E-state index contributed by atoms with van der Waals surface area (Å²) in [6.45, 7) is 14.6. The molecule has 7 nitrogen and oxygen atoms in total. The van der Waals surface area contributed by atoms with E-state index in [0.29, 0.717) is 16.2 Å². The number of anilines is 2. The van der Waals surface area contributed by atoms with Crippen LogP contribution >= 0.6 is 11.3 Å². The van der Waals surface area contributed by atoms with Gasteiger partial charge in [0.1, 0.15) is 0 Å². The van der Waals surface area contributed by atoms with E-state index in [1.165, 1.54) is 16.9 Å². The van der Waals surface area contributed by atoms with Gasteiger partial charge in [-0.3, -0.25) is 10.1 Å². The molecule has 2 aromatic heterocycles. The van der Waals surface area contributed by atoms with Gasteiger partial charge in [0.05, 0.1) is 6.33 Å². The summed E-state index contributed by atoms with van der Waals surface area (Å²) in [5.41, 5.74) is 4.20. The van der Waals surface area contributed by atoms with E-state index in [4.69, 9.17) is 0 Å². The third-order valence-corrected chi connectivity index (χ3v) is 6.23. The molecule has 3 aromatic rings. The SMILES string of the molecule is CC(C)c1cc(C(C)C)c(C(=O)Nc2nnc(NCCCn3ccnc3)s2)c(C(C)C)c1. The molecule has 2 heterocycles. The highest BCUT2D eigenvalue weighted by molar-refractivity contribution is 7.19. The minimum Gasteiger partial charge on any atom is -0.360 e. The Hall–Kier alpha value is -2.74. The third-order valence-electron chi connectivity index (χ3n) is 5.43. The van der Waals surface area contributed by atoms with Crippen molar-refractivity contribution in [2.45, 2.75) is 72.3 Å². The Morgan fingerprint density at radius 2 is 1.66 bits per heavy atom. The Labute approximate surface area is 194 Å². The molecule has 2 N–H and O–H groups in total. The largest absolute Gasteiger partial charge is 0.360 e. The number of nitrogens with one attached hydrogen (secondary N) is 2. The molecule has 3 rings (SSSR count). The highest BCUT2D eigenvalue weighted by atomic mass is 32.1. The van der Waals surface area contributed by atoms with Crippen molar-refractivity contribution < 1.29 is 4.79 Å². The molecular weight excluding hydrogens is 420 g/mol. The normalized spacial score (nSPS) is 11.5. The van der Waals surface area contributed by atoms with E-state index in [0.717, 1.165) is 36.2 Å². The third kappa shape index (κ3) is 5.94. The van der Waals surface area contributed by atoms with Gasteiger partial charge < -0.3 is 9.88 Å². The van der Waals surface area contributed by atoms with Crippen molar-refractivity contribution in [1.82, 2.24) is 19.7 Å². The zero-order valence-electron chi connectivity index (χ0n) is 19.8. The first-order valence-corrected chi connectivity index (χ1v) is 12.1. The monoisotopic (exact) mass is 454 g/mol. The molecule has 32 heavy (non-hydrogen) atoms. The molecule has 0 aliphatic carbocycles. The fraction of sp³-hybridized carbons (Fsp3) is 0.500. The van der Waals surface area contributed by atoms with Crippen LogP contribution in [0.5, 0.6) is 0 Å². The first kappa shape index (κ1) is 23.9. The average molecular weight is 455 g/mol. The number of benzene rings is 1. The number of nitrogens with zero attached hydrogens (tertiary/aromatic N) is 4. The molecule has 0 aliphatic rings. The van der Waals surface area contributed by atoms with Crippen LogP contribution in [-0.4, -0.2) is 32.2 Å². The van der Waals surface area contributed by atoms with E-state index in [2.05, 4.69) is 79.5 Å². The van der Waals surface area contributed by atoms with E-state index >= 15 is 0 Å². The fourth-order valence-electron chi connectivity index (χ4n) is 3.60. The summed E-state index contributed by atoms with van der Waals surface area (Å²) >= 11 is 1.36. The van der Waals surface area contributed by atoms with Gasteiger partial charge in [0.25, 0.3) is 5.91 Å². The average Bonchev–Trinajstić information content (AvgIpc) is 3.42. The van der Waals surface area contributed by atoms with Gasteiger partial charge in [-0.2, -0.15) is 0 Å². The predicted octanol–water partition coefficient (Wildman–Crippen LogP) is 5.86. The quantitative estimate of drug-likeness (QED) is 0.375. The van der Waals surface area contributed by atoms with E-state index in [1.807, 2.05) is 17.1 Å². The van der Waals surface area contributed by atoms with Crippen molar-refractivity contribution in [3.63, 3.8) is 0 Å². The maximum absolute atomic E-state index is 13.3. The number of carbonyl (C=O) groups excluding carboxylic acids is 1. The van der Waals surface area contributed by atoms with Crippen molar-refractivity contribution in [2.75, 3.05) is 17.2 Å². The predicted molar refractivity (Wildman–Crippen MR) is 132 cm³/mol. The van der Waals surface area contributed by atoms with Crippen LogP contribution in [0.1, 0.15) is 92.8 Å². The first-order valence-electron chi connectivity index (χ1n) is 11.3. The number of carbonyl (C=O) groups is 1. The lowest BCUT2D eigenvalue weighted by atomic mass is 9.84. The Morgan fingerprint density at radius 1 is 1.00 bits per heavy atom. The van der Waals surface area contributed by atoms with Crippen LogP contribution in [0.2, 0.25) is 0 Å². The molecule has 0 spiro atoms. The van der Waals surface area contributed by atoms with Crippen molar-refractivity contribution in [2.24, 2.45) is 0 Å². The number of imidazole rings is 1. The maximum Gasteiger partial charge on any atom is 0.258 e. The lowest BCUT2D eigenvalue weighted by Crippen LogP contribution is -2.19. The number of aryl methyl sites for hydroxylation is 1. The van der Waals surface area contributed by atoms with E-state index < -0.39 is 0 Å². The number of hydrogen-bond acceptors (Lipinski definition) is 6. The second-order valence-electron chi connectivity index (χ2n) is 8.99. The Morgan fingerprint density at radius 3 is 2.22 bits per heavy atom. The Bertz CT molecular complexity index is 994. The van der Waals surface area contributed by atoms with E-state index in [9.17, 15) is 4.79 Å². The second-order valence-corrected chi connectivity index (χ2v) is 9.96. The van der Waals surface area contributed by atoms with Gasteiger partial charge in [0.2, 0.25) is 10.3 Å². The van der Waals surface area contributed by atoms with E-state index in [-0.39, 0.29) is 17.7 Å². The molecule has 0 radical (unpaired) electrons. The fourth-order valence-corrected chi connectivity index (χ4v) is 4.26. The van der Waals surface area contributed by atoms with Gasteiger partial charge in [0, 0.05) is 31.0 Å². The summed E-state index contributed by atoms with van der Waals surface area (Å²) in [7, 11) is 0. The summed E-state index contributed by atoms with van der Waals surface area (Å²) in [6.07, 6.45) is 6.47. The van der Waals surface area contributed by atoms with Crippen molar-refractivity contribution in [3.8, 4) is 0 Å². The second kappa shape index (κ2) is 10.7. The zero-order chi connectivity index (χ0) is 23.3. The minimum atomic E-state index is -0.115. The minimum absolute atomic E-state index is 0.115. The molecule has 0 saturated carbocycles. The van der Waals surface area contributed by atoms with Crippen LogP contribution in [-0.2, 0) is 6.54 Å². The molecule has 0 atom stereocenters. The summed E-state index contributed by atoms with van der Waals surface area (Å²) in [4.78, 5) is 17.4. The van der Waals surface area contributed by atoms with Crippen molar-refractivity contribution in [3.05, 3.63) is 53.1 Å². The van der Waals surface area contributed by atoms with Crippen molar-refractivity contribution in [1.29, 1.82) is 0 Å². The summed E-state index contributed by atoms with van der Waals surface area (Å²) in [5, 5.41) is 15.8. The number of amides is 1. The molecular formula is C24H34N6OS. The molecule has 1 aromatic carbocycles. The number of aromatic nitrogens is 4. The Kier molecular flexibility index (Phi) is 8.01. The molecule has 0 unspecified atom stereocenters. The van der Waals surface area contributed by atoms with Crippen LogP contribution < -0.4 is 10.6 Å². The van der Waals surface area contributed by atoms with Crippen LogP contribution in [0.3, 0.4) is 0 Å². The highest BCUT2D eigenvalue weighted by Crippen LogP contribution is 2.33. The van der Waals surface area contributed by atoms with Gasteiger partial charge in [0.15, 0.2) is 0 Å². The molecule has 0 saturated heterocycles. The van der Waals surface area contributed by atoms with Crippen molar-refractivity contribution >= 4 is 27.5 Å². The number of hydrogen-bond donors (Lipinski definition) is 2. The Balaban J connectivity index is 1.71. The van der Waals surface area contributed by atoms with Gasteiger partial charge in [-0.1, -0.05) is 65.0 Å². The molecule has 0 aliphatic heterocycles. The lowest BCUT2D eigenvalue weighted by Gasteiger charge is -2.22. The molecule has 8 heteroatoms. The van der Waals surface area contributed by atoms with Crippen LogP contribution in [0.15, 0.2) is 30.9 Å². The standard InChI is InChI=1S/C24H34N6OS/c1-15(2)18-12-19(16(3)4)21(20(13-18)17(5)6)22(31)27-24-29-28-23(32-24)26-8-7-10-30-11-9-25-14-30/h9,11-17H,7-8,10H2,1-6H3,(H,26,28)(H,27,29,31). The van der Waals surface area contributed by atoms with Gasteiger partial charge in [-0.05, 0) is 40.9 Å². The van der Waals surface area contributed by atoms with Gasteiger partial charge >= 0.3 is 0 Å². The number of rotatable bonds is 10. The summed E-state index contributed by atoms with van der Waals surface area (Å²) < 4.78 is 2.04. The maximum atomic E-state index is 13.3. The summed E-state index contributed by atoms with van der Waals surface area (Å²) in [6, 6.07) is 4.37. The van der Waals surface area contributed by atoms with Gasteiger partial charge in [-0.15, -0.1) is 10.2 Å². The smallest absolute Gasteiger partial charge is 0.258 e. The van der Waals surface area contributed by atoms with E-state index in [1.54, 1.807) is 6.20 Å². The zero-order valence-corrected chi connectivity index (χ0v) is 20.7. The summed E-state index contributed by atoms with van der Waals surface area (Å²) in [5.74, 6) is 0.784.